The average molecular weight is 300 g/mol. The summed E-state index contributed by atoms with van der Waals surface area (Å²) in [5, 5.41) is 13.1. The number of aliphatic hydroxyl groups excluding tert-OH is 1. The molecule has 2 N–H and O–H groups in total. The van der Waals surface area contributed by atoms with Crippen molar-refractivity contribution >= 4 is 29.4 Å². The topological polar surface area (TPSA) is 52.6 Å². The molecule has 1 amide bonds. The van der Waals surface area contributed by atoms with E-state index in [1.165, 1.54) is 17.1 Å². The SMILES string of the molecule is CC(O)C1C(=O)N2C=C(SCC3CCNCC3)S[C@H]12. The lowest BCUT2D eigenvalue weighted by atomic mass is 9.93. The summed E-state index contributed by atoms with van der Waals surface area (Å²) >= 11 is 3.62. The van der Waals surface area contributed by atoms with E-state index in [0.717, 1.165) is 24.8 Å². The number of aliphatic hydroxyl groups is 1. The van der Waals surface area contributed by atoms with Crippen molar-refractivity contribution in [1.29, 1.82) is 0 Å². The van der Waals surface area contributed by atoms with Crippen molar-refractivity contribution in [3.05, 3.63) is 10.4 Å². The summed E-state index contributed by atoms with van der Waals surface area (Å²) in [7, 11) is 0. The Morgan fingerprint density at radius 3 is 3.00 bits per heavy atom. The van der Waals surface area contributed by atoms with Crippen LogP contribution >= 0.6 is 23.5 Å². The van der Waals surface area contributed by atoms with Crippen LogP contribution in [0.25, 0.3) is 0 Å². The lowest BCUT2D eigenvalue weighted by Gasteiger charge is -2.42. The summed E-state index contributed by atoms with van der Waals surface area (Å²) in [5.74, 6) is 1.81. The highest BCUT2D eigenvalue weighted by molar-refractivity contribution is 8.22. The zero-order chi connectivity index (χ0) is 13.4. The van der Waals surface area contributed by atoms with Gasteiger partial charge >= 0.3 is 0 Å². The molecular formula is C13H20N2O2S2. The molecule has 0 aliphatic carbocycles. The Morgan fingerprint density at radius 2 is 2.32 bits per heavy atom. The van der Waals surface area contributed by atoms with Crippen LogP contribution in [0, 0.1) is 11.8 Å². The molecule has 0 aromatic carbocycles. The van der Waals surface area contributed by atoms with E-state index in [1.54, 1.807) is 23.6 Å². The van der Waals surface area contributed by atoms with Crippen molar-refractivity contribution in [3.8, 4) is 0 Å². The summed E-state index contributed by atoms with van der Waals surface area (Å²) < 4.78 is 1.24. The Morgan fingerprint density at radius 1 is 1.58 bits per heavy atom. The molecule has 3 rings (SSSR count). The van der Waals surface area contributed by atoms with Crippen LogP contribution in [0.4, 0.5) is 0 Å². The third-order valence-corrected chi connectivity index (χ3v) is 6.81. The minimum Gasteiger partial charge on any atom is -0.392 e. The minimum absolute atomic E-state index is 0.0740. The first-order valence-electron chi connectivity index (χ1n) is 6.89. The molecule has 3 atom stereocenters. The highest BCUT2D eigenvalue weighted by Crippen LogP contribution is 2.50. The van der Waals surface area contributed by atoms with Crippen molar-refractivity contribution in [2.75, 3.05) is 18.8 Å². The first-order valence-corrected chi connectivity index (χ1v) is 8.75. The average Bonchev–Trinajstić information content (AvgIpc) is 2.76. The predicted octanol–water partition coefficient (Wildman–Crippen LogP) is 1.43. The van der Waals surface area contributed by atoms with Gasteiger partial charge in [0.1, 0.15) is 5.37 Å². The fraction of sp³-hybridized carbons (Fsp3) is 0.769. The Kier molecular flexibility index (Phi) is 4.12. The number of hydrogen-bond acceptors (Lipinski definition) is 5. The number of fused-ring (bicyclic) bond motifs is 1. The third kappa shape index (κ3) is 2.68. The minimum atomic E-state index is -0.539. The van der Waals surface area contributed by atoms with Crippen molar-refractivity contribution < 1.29 is 9.90 Å². The molecule has 2 fully saturated rings. The van der Waals surface area contributed by atoms with E-state index in [9.17, 15) is 9.90 Å². The molecule has 3 aliphatic heterocycles. The highest BCUT2D eigenvalue weighted by Gasteiger charge is 2.52. The van der Waals surface area contributed by atoms with E-state index in [2.05, 4.69) is 5.32 Å². The predicted molar refractivity (Wildman–Crippen MR) is 79.5 cm³/mol. The number of rotatable bonds is 4. The number of carbonyl (C=O) groups excluding carboxylic acids is 1. The molecule has 0 aromatic rings. The molecule has 0 saturated carbocycles. The van der Waals surface area contributed by atoms with Crippen molar-refractivity contribution in [2.45, 2.75) is 31.2 Å². The zero-order valence-corrected chi connectivity index (χ0v) is 12.7. The Bertz CT molecular complexity index is 394. The van der Waals surface area contributed by atoms with E-state index < -0.39 is 6.10 Å². The van der Waals surface area contributed by atoms with Gasteiger partial charge in [0.2, 0.25) is 5.91 Å². The van der Waals surface area contributed by atoms with Crippen LogP contribution in [0.15, 0.2) is 10.4 Å². The lowest BCUT2D eigenvalue weighted by molar-refractivity contribution is -0.151. The first kappa shape index (κ1) is 13.8. The second kappa shape index (κ2) is 5.68. The maximum absolute atomic E-state index is 11.8. The summed E-state index contributed by atoms with van der Waals surface area (Å²) in [6.07, 6.45) is 3.95. The maximum Gasteiger partial charge on any atom is 0.236 e. The molecule has 3 heterocycles. The van der Waals surface area contributed by atoms with Gasteiger partial charge in [0.05, 0.1) is 16.3 Å². The van der Waals surface area contributed by atoms with Gasteiger partial charge < -0.3 is 15.3 Å². The fourth-order valence-corrected chi connectivity index (χ4v) is 5.68. The molecule has 2 unspecified atom stereocenters. The van der Waals surface area contributed by atoms with Crippen LogP contribution in [0.1, 0.15) is 19.8 Å². The van der Waals surface area contributed by atoms with Crippen LogP contribution in [0.5, 0.6) is 0 Å². The number of thioether (sulfide) groups is 2. The van der Waals surface area contributed by atoms with Gasteiger partial charge in [0, 0.05) is 12.0 Å². The van der Waals surface area contributed by atoms with Gasteiger partial charge in [-0.05, 0) is 38.8 Å². The molecular weight excluding hydrogens is 280 g/mol. The van der Waals surface area contributed by atoms with Gasteiger partial charge in [0.15, 0.2) is 0 Å². The second-order valence-corrected chi connectivity index (χ2v) is 7.95. The van der Waals surface area contributed by atoms with Crippen LogP contribution in [0.3, 0.4) is 0 Å². The number of β-lactam (4-membered cyclic amide) rings is 1. The Balaban J connectivity index is 1.50. The molecule has 3 aliphatic rings. The fourth-order valence-electron chi connectivity index (χ4n) is 2.80. The van der Waals surface area contributed by atoms with Gasteiger partial charge in [-0.3, -0.25) is 4.79 Å². The Hall–Kier alpha value is -0.170. The van der Waals surface area contributed by atoms with Crippen molar-refractivity contribution in [2.24, 2.45) is 11.8 Å². The summed E-state index contributed by atoms with van der Waals surface area (Å²) in [6, 6.07) is 0. The van der Waals surface area contributed by atoms with Crippen LogP contribution in [-0.4, -0.2) is 46.2 Å². The van der Waals surface area contributed by atoms with Crippen molar-refractivity contribution in [3.63, 3.8) is 0 Å². The number of hydrogen-bond donors (Lipinski definition) is 2. The second-order valence-electron chi connectivity index (χ2n) is 5.47. The molecule has 2 saturated heterocycles. The van der Waals surface area contributed by atoms with Crippen LogP contribution < -0.4 is 5.32 Å². The molecule has 0 aromatic heterocycles. The normalized spacial score (nSPS) is 32.8. The van der Waals surface area contributed by atoms with E-state index in [0.29, 0.717) is 0 Å². The Labute approximate surface area is 122 Å². The van der Waals surface area contributed by atoms with Gasteiger partial charge in [0.25, 0.3) is 0 Å². The molecule has 0 radical (unpaired) electrons. The van der Waals surface area contributed by atoms with Gasteiger partial charge in [-0.25, -0.2) is 0 Å². The summed E-state index contributed by atoms with van der Waals surface area (Å²) in [6.45, 7) is 3.98. The van der Waals surface area contributed by atoms with Gasteiger partial charge in [-0.15, -0.1) is 11.8 Å². The van der Waals surface area contributed by atoms with Crippen LogP contribution in [-0.2, 0) is 4.79 Å². The number of piperidine rings is 1. The van der Waals surface area contributed by atoms with E-state index >= 15 is 0 Å². The molecule has 19 heavy (non-hydrogen) atoms. The maximum atomic E-state index is 11.8. The van der Waals surface area contributed by atoms with E-state index in [-0.39, 0.29) is 17.2 Å². The summed E-state index contributed by atoms with van der Waals surface area (Å²) in [4.78, 5) is 13.6. The molecule has 0 spiro atoms. The van der Waals surface area contributed by atoms with Gasteiger partial charge in [-0.1, -0.05) is 11.8 Å². The number of carbonyl (C=O) groups is 1. The quantitative estimate of drug-likeness (QED) is 0.769. The molecule has 106 valence electrons. The number of nitrogens with zero attached hydrogens (tertiary/aromatic N) is 1. The summed E-state index contributed by atoms with van der Waals surface area (Å²) in [5.41, 5.74) is 0. The third-order valence-electron chi connectivity index (χ3n) is 4.04. The highest BCUT2D eigenvalue weighted by atomic mass is 32.2. The van der Waals surface area contributed by atoms with E-state index in [1.807, 2.05) is 18.0 Å². The van der Waals surface area contributed by atoms with Gasteiger partial charge in [-0.2, -0.15) is 0 Å². The lowest BCUT2D eigenvalue weighted by Crippen LogP contribution is -2.58. The van der Waals surface area contributed by atoms with E-state index in [4.69, 9.17) is 0 Å². The monoisotopic (exact) mass is 300 g/mol. The molecule has 6 heteroatoms. The zero-order valence-electron chi connectivity index (χ0n) is 11.0. The molecule has 4 nitrogen and oxygen atoms in total. The first-order chi connectivity index (χ1) is 9.16. The smallest absolute Gasteiger partial charge is 0.236 e. The van der Waals surface area contributed by atoms with Crippen molar-refractivity contribution in [1.82, 2.24) is 10.2 Å². The molecule has 0 bridgehead atoms. The largest absolute Gasteiger partial charge is 0.392 e. The van der Waals surface area contributed by atoms with Crippen LogP contribution in [0.2, 0.25) is 0 Å². The number of nitrogens with one attached hydrogen (secondary N) is 1. The number of amides is 1. The standard InChI is InChI=1S/C13H20N2O2S2/c1-8(16)11-12(17)15-6-10(19-13(11)15)18-7-9-2-4-14-5-3-9/h6,8-9,11,13-14,16H,2-5,7H2,1H3/t8?,11?,13-/m1/s1.